The van der Waals surface area contributed by atoms with Crippen LogP contribution in [0.15, 0.2) is 24.3 Å². The van der Waals surface area contributed by atoms with Crippen molar-refractivity contribution in [3.05, 3.63) is 24.3 Å². The Balaban J connectivity index is 2.11. The number of nitrogen functional groups attached to an aromatic ring is 1. The number of carbonyl (C=O) groups is 2. The van der Waals surface area contributed by atoms with Crippen LogP contribution in [0.5, 0.6) is 0 Å². The molecule has 0 spiro atoms. The van der Waals surface area contributed by atoms with Crippen LogP contribution < -0.4 is 11.1 Å². The predicted octanol–water partition coefficient (Wildman–Crippen LogP) is 1.56. The average Bonchev–Trinajstić information content (AvgIpc) is 2.85. The van der Waals surface area contributed by atoms with Crippen LogP contribution in [0.1, 0.15) is 13.8 Å². The minimum atomic E-state index is -0.929. The second kappa shape index (κ2) is 4.01. The molecule has 0 saturated heterocycles. The summed E-state index contributed by atoms with van der Waals surface area (Å²) in [5, 5.41) is 11.7. The molecule has 0 bridgehead atoms. The number of carbonyl (C=O) groups excluding carboxylic acids is 1. The molecule has 0 aromatic heterocycles. The Kier molecular flexibility index (Phi) is 2.77. The minimum absolute atomic E-state index is 0.287. The first-order valence-electron chi connectivity index (χ1n) is 5.74. The topological polar surface area (TPSA) is 92.4 Å². The van der Waals surface area contributed by atoms with Gasteiger partial charge in [-0.05, 0) is 17.5 Å². The number of rotatable bonds is 3. The van der Waals surface area contributed by atoms with E-state index in [-0.39, 0.29) is 5.91 Å². The molecule has 1 amide bonds. The van der Waals surface area contributed by atoms with Crippen LogP contribution in [0.25, 0.3) is 0 Å². The number of carboxylic acid groups (broad SMARTS) is 1. The molecule has 4 N–H and O–H groups in total. The number of amides is 1. The Labute approximate surface area is 105 Å². The predicted molar refractivity (Wildman–Crippen MR) is 67.9 cm³/mol. The van der Waals surface area contributed by atoms with E-state index in [9.17, 15) is 9.59 Å². The molecule has 1 aromatic rings. The first kappa shape index (κ1) is 12.4. The summed E-state index contributed by atoms with van der Waals surface area (Å²) in [6.45, 7) is 3.56. The second-order valence-corrected chi connectivity index (χ2v) is 5.19. The fraction of sp³-hybridized carbons (Fsp3) is 0.385. The van der Waals surface area contributed by atoms with E-state index in [0.717, 1.165) is 0 Å². The van der Waals surface area contributed by atoms with E-state index in [1.165, 1.54) is 0 Å². The molecule has 96 valence electrons. The van der Waals surface area contributed by atoms with Gasteiger partial charge in [0.1, 0.15) is 0 Å². The number of hydrogen-bond donors (Lipinski definition) is 3. The van der Waals surface area contributed by atoms with E-state index in [0.29, 0.717) is 11.4 Å². The molecule has 0 radical (unpaired) electrons. The fourth-order valence-electron chi connectivity index (χ4n) is 2.41. The van der Waals surface area contributed by atoms with E-state index in [1.54, 1.807) is 38.1 Å². The molecule has 5 heteroatoms. The van der Waals surface area contributed by atoms with Crippen molar-refractivity contribution >= 4 is 23.3 Å². The Hall–Kier alpha value is -2.04. The number of hydrogen-bond acceptors (Lipinski definition) is 3. The highest BCUT2D eigenvalue weighted by molar-refractivity contribution is 6.01. The smallest absolute Gasteiger partial charge is 0.307 e. The van der Waals surface area contributed by atoms with E-state index in [2.05, 4.69) is 5.32 Å². The third-order valence-electron chi connectivity index (χ3n) is 3.59. The summed E-state index contributed by atoms with van der Waals surface area (Å²) in [6, 6.07) is 6.91. The molecular formula is C13H16N2O3. The second-order valence-electron chi connectivity index (χ2n) is 5.19. The highest BCUT2D eigenvalue weighted by Crippen LogP contribution is 2.58. The molecule has 2 rings (SSSR count). The number of aliphatic carboxylic acids is 1. The van der Waals surface area contributed by atoms with Crippen molar-refractivity contribution in [3.8, 4) is 0 Å². The van der Waals surface area contributed by atoms with Crippen LogP contribution in [-0.2, 0) is 9.59 Å². The van der Waals surface area contributed by atoms with Crippen molar-refractivity contribution in [3.63, 3.8) is 0 Å². The SMILES string of the molecule is CC1(C)C(C(=O)O)C1C(=O)Nc1ccccc1N. The number of benzene rings is 1. The molecule has 5 nitrogen and oxygen atoms in total. The van der Waals surface area contributed by atoms with Crippen molar-refractivity contribution in [2.24, 2.45) is 17.3 Å². The Morgan fingerprint density at radius 3 is 2.39 bits per heavy atom. The summed E-state index contributed by atoms with van der Waals surface area (Å²) >= 11 is 0. The van der Waals surface area contributed by atoms with E-state index < -0.39 is 23.2 Å². The van der Waals surface area contributed by atoms with Crippen LogP contribution in [0.3, 0.4) is 0 Å². The van der Waals surface area contributed by atoms with E-state index in [1.807, 2.05) is 0 Å². The maximum atomic E-state index is 12.0. The molecule has 2 unspecified atom stereocenters. The molecular weight excluding hydrogens is 232 g/mol. The van der Waals surface area contributed by atoms with E-state index >= 15 is 0 Å². The molecule has 1 fully saturated rings. The van der Waals surface area contributed by atoms with Crippen LogP contribution in [0.4, 0.5) is 11.4 Å². The molecule has 1 aliphatic carbocycles. The lowest BCUT2D eigenvalue weighted by Gasteiger charge is -2.08. The number of nitrogens with two attached hydrogens (primary N) is 1. The van der Waals surface area contributed by atoms with Gasteiger partial charge in [-0.1, -0.05) is 26.0 Å². The zero-order valence-electron chi connectivity index (χ0n) is 10.3. The van der Waals surface area contributed by atoms with Gasteiger partial charge in [0.25, 0.3) is 0 Å². The lowest BCUT2D eigenvalue weighted by atomic mass is 10.1. The van der Waals surface area contributed by atoms with Gasteiger partial charge in [-0.2, -0.15) is 0 Å². The van der Waals surface area contributed by atoms with Gasteiger partial charge in [0.15, 0.2) is 0 Å². The number of carboxylic acids is 1. The first-order chi connectivity index (χ1) is 8.35. The highest BCUT2D eigenvalue weighted by Gasteiger charge is 2.65. The number of para-hydroxylation sites is 2. The molecule has 0 heterocycles. The zero-order valence-corrected chi connectivity index (χ0v) is 10.3. The third-order valence-corrected chi connectivity index (χ3v) is 3.59. The van der Waals surface area contributed by atoms with Gasteiger partial charge >= 0.3 is 5.97 Å². The average molecular weight is 248 g/mol. The molecule has 0 aliphatic heterocycles. The quantitative estimate of drug-likeness (QED) is 0.708. The third kappa shape index (κ3) is 1.92. The maximum Gasteiger partial charge on any atom is 0.307 e. The normalized spacial score (nSPS) is 24.3. The first-order valence-corrected chi connectivity index (χ1v) is 5.74. The summed E-state index contributed by atoms with van der Waals surface area (Å²) in [4.78, 5) is 23.0. The van der Waals surface area contributed by atoms with Crippen LogP contribution in [0.2, 0.25) is 0 Å². The van der Waals surface area contributed by atoms with Crippen LogP contribution in [-0.4, -0.2) is 17.0 Å². The monoisotopic (exact) mass is 248 g/mol. The summed E-state index contributed by atoms with van der Waals surface area (Å²) in [7, 11) is 0. The lowest BCUT2D eigenvalue weighted by molar-refractivity contribution is -0.140. The molecule has 1 saturated carbocycles. The van der Waals surface area contributed by atoms with Gasteiger partial charge in [-0.15, -0.1) is 0 Å². The summed E-state index contributed by atoms with van der Waals surface area (Å²) < 4.78 is 0. The number of anilines is 2. The lowest BCUT2D eigenvalue weighted by Crippen LogP contribution is -2.18. The summed E-state index contributed by atoms with van der Waals surface area (Å²) in [5.74, 6) is -2.34. The summed E-state index contributed by atoms with van der Waals surface area (Å²) in [6.07, 6.45) is 0. The largest absolute Gasteiger partial charge is 0.481 e. The molecule has 2 atom stereocenters. The van der Waals surface area contributed by atoms with Gasteiger partial charge in [-0.25, -0.2) is 0 Å². The summed E-state index contributed by atoms with van der Waals surface area (Å²) in [5.41, 5.74) is 6.21. The van der Waals surface area contributed by atoms with Crippen LogP contribution in [0, 0.1) is 17.3 Å². The highest BCUT2D eigenvalue weighted by atomic mass is 16.4. The minimum Gasteiger partial charge on any atom is -0.481 e. The van der Waals surface area contributed by atoms with Gasteiger partial charge in [0.05, 0.1) is 23.2 Å². The Morgan fingerprint density at radius 2 is 1.89 bits per heavy atom. The molecule has 1 aliphatic rings. The maximum absolute atomic E-state index is 12.0. The Morgan fingerprint density at radius 1 is 1.28 bits per heavy atom. The fourth-order valence-corrected chi connectivity index (χ4v) is 2.41. The van der Waals surface area contributed by atoms with Crippen molar-refractivity contribution in [2.75, 3.05) is 11.1 Å². The molecule has 1 aromatic carbocycles. The number of nitrogens with one attached hydrogen (secondary N) is 1. The van der Waals surface area contributed by atoms with Crippen molar-refractivity contribution in [1.82, 2.24) is 0 Å². The van der Waals surface area contributed by atoms with Gasteiger partial charge in [0.2, 0.25) is 5.91 Å². The van der Waals surface area contributed by atoms with Gasteiger partial charge in [-0.3, -0.25) is 9.59 Å². The van der Waals surface area contributed by atoms with Gasteiger partial charge < -0.3 is 16.2 Å². The van der Waals surface area contributed by atoms with Crippen LogP contribution >= 0.6 is 0 Å². The van der Waals surface area contributed by atoms with Crippen molar-refractivity contribution in [1.29, 1.82) is 0 Å². The van der Waals surface area contributed by atoms with Crippen molar-refractivity contribution < 1.29 is 14.7 Å². The zero-order chi connectivity index (χ0) is 13.5. The Bertz CT molecular complexity index is 511. The van der Waals surface area contributed by atoms with Crippen molar-refractivity contribution in [2.45, 2.75) is 13.8 Å². The standard InChI is InChI=1S/C13H16N2O3/c1-13(2)9(10(13)12(17)18)11(16)15-8-6-4-3-5-7(8)14/h3-6,9-10H,14H2,1-2H3,(H,15,16)(H,17,18). The molecule has 18 heavy (non-hydrogen) atoms. The van der Waals surface area contributed by atoms with Gasteiger partial charge in [0, 0.05) is 0 Å². The van der Waals surface area contributed by atoms with E-state index in [4.69, 9.17) is 10.8 Å².